The van der Waals surface area contributed by atoms with Crippen LogP contribution >= 0.6 is 0 Å². The van der Waals surface area contributed by atoms with Crippen LogP contribution in [0.4, 0.5) is 0 Å². The largest absolute Gasteiger partial charge is 0.380 e. The standard InChI is InChI=1S/C22H31NO/c1-17(2)23(18(3)4)15-14-22(24,20-11-7-6-8-12-20)21-13-9-10-19(5)16-21/h6-13,16-18,24H,14-15H2,1-5H3. The molecule has 1 unspecified atom stereocenters. The lowest BCUT2D eigenvalue weighted by molar-refractivity contribution is 0.0464. The van der Waals surface area contributed by atoms with Gasteiger partial charge in [-0.05, 0) is 52.2 Å². The van der Waals surface area contributed by atoms with Crippen LogP contribution in [0.5, 0.6) is 0 Å². The first kappa shape index (κ1) is 18.7. The molecule has 2 rings (SSSR count). The van der Waals surface area contributed by atoms with Crippen molar-refractivity contribution in [1.29, 1.82) is 0 Å². The molecular formula is C22H31NO. The van der Waals surface area contributed by atoms with Gasteiger partial charge >= 0.3 is 0 Å². The zero-order chi connectivity index (χ0) is 17.7. The molecule has 0 radical (unpaired) electrons. The van der Waals surface area contributed by atoms with E-state index < -0.39 is 5.60 Å². The summed E-state index contributed by atoms with van der Waals surface area (Å²) in [5.74, 6) is 0. The summed E-state index contributed by atoms with van der Waals surface area (Å²) >= 11 is 0. The molecule has 130 valence electrons. The van der Waals surface area contributed by atoms with Crippen LogP contribution in [0.2, 0.25) is 0 Å². The Bertz CT molecular complexity index is 627. The number of hydrogen-bond acceptors (Lipinski definition) is 2. The van der Waals surface area contributed by atoms with Crippen molar-refractivity contribution in [2.75, 3.05) is 6.54 Å². The summed E-state index contributed by atoms with van der Waals surface area (Å²) in [5, 5.41) is 11.7. The van der Waals surface area contributed by atoms with Crippen LogP contribution in [0.1, 0.15) is 50.8 Å². The highest BCUT2D eigenvalue weighted by Crippen LogP contribution is 2.34. The molecule has 0 saturated carbocycles. The average Bonchev–Trinajstić information content (AvgIpc) is 2.55. The molecule has 0 aliphatic carbocycles. The second kappa shape index (κ2) is 7.96. The smallest absolute Gasteiger partial charge is 0.116 e. The highest BCUT2D eigenvalue weighted by molar-refractivity contribution is 5.37. The van der Waals surface area contributed by atoms with Crippen LogP contribution in [0.3, 0.4) is 0 Å². The summed E-state index contributed by atoms with van der Waals surface area (Å²) < 4.78 is 0. The molecule has 2 nitrogen and oxygen atoms in total. The topological polar surface area (TPSA) is 23.5 Å². The minimum atomic E-state index is -0.963. The molecule has 0 amide bonds. The van der Waals surface area contributed by atoms with Gasteiger partial charge in [0, 0.05) is 18.6 Å². The first-order chi connectivity index (χ1) is 11.3. The highest BCUT2D eigenvalue weighted by atomic mass is 16.3. The van der Waals surface area contributed by atoms with E-state index in [1.54, 1.807) is 0 Å². The summed E-state index contributed by atoms with van der Waals surface area (Å²) in [6.07, 6.45) is 0.677. The Morgan fingerprint density at radius 2 is 1.46 bits per heavy atom. The number of aliphatic hydroxyl groups is 1. The van der Waals surface area contributed by atoms with Crippen molar-refractivity contribution in [1.82, 2.24) is 4.90 Å². The van der Waals surface area contributed by atoms with Gasteiger partial charge in [0.15, 0.2) is 0 Å². The van der Waals surface area contributed by atoms with E-state index in [-0.39, 0.29) is 0 Å². The maximum absolute atomic E-state index is 11.7. The van der Waals surface area contributed by atoms with E-state index in [4.69, 9.17) is 0 Å². The second-order valence-corrected chi connectivity index (χ2v) is 7.27. The van der Waals surface area contributed by atoms with Crippen LogP contribution in [0, 0.1) is 6.92 Å². The molecular weight excluding hydrogens is 294 g/mol. The van der Waals surface area contributed by atoms with Gasteiger partial charge in [0.2, 0.25) is 0 Å². The quantitative estimate of drug-likeness (QED) is 0.795. The zero-order valence-electron chi connectivity index (χ0n) is 15.7. The minimum absolute atomic E-state index is 0.461. The molecule has 2 aromatic carbocycles. The zero-order valence-corrected chi connectivity index (χ0v) is 15.7. The Kier molecular flexibility index (Phi) is 6.20. The predicted octanol–water partition coefficient (Wildman–Crippen LogP) is 4.74. The predicted molar refractivity (Wildman–Crippen MR) is 102 cm³/mol. The van der Waals surface area contributed by atoms with Gasteiger partial charge in [-0.25, -0.2) is 0 Å². The molecule has 2 aromatic rings. The van der Waals surface area contributed by atoms with Crippen LogP contribution < -0.4 is 0 Å². The summed E-state index contributed by atoms with van der Waals surface area (Å²) in [4.78, 5) is 2.43. The minimum Gasteiger partial charge on any atom is -0.380 e. The van der Waals surface area contributed by atoms with Crippen LogP contribution in [0.15, 0.2) is 54.6 Å². The van der Waals surface area contributed by atoms with Gasteiger partial charge in [0.05, 0.1) is 0 Å². The Morgan fingerprint density at radius 1 is 0.875 bits per heavy atom. The molecule has 1 N–H and O–H groups in total. The summed E-state index contributed by atoms with van der Waals surface area (Å²) in [6.45, 7) is 11.8. The number of aryl methyl sites for hydroxylation is 1. The summed E-state index contributed by atoms with van der Waals surface area (Å²) in [5.41, 5.74) is 2.14. The van der Waals surface area contributed by atoms with E-state index >= 15 is 0 Å². The molecule has 0 spiro atoms. The van der Waals surface area contributed by atoms with E-state index in [1.807, 2.05) is 42.5 Å². The lowest BCUT2D eigenvalue weighted by Crippen LogP contribution is -2.41. The average molecular weight is 325 g/mol. The Labute approximate surface area is 147 Å². The number of nitrogens with zero attached hydrogens (tertiary/aromatic N) is 1. The van der Waals surface area contributed by atoms with Crippen molar-refractivity contribution in [3.8, 4) is 0 Å². The highest BCUT2D eigenvalue weighted by Gasteiger charge is 2.32. The third kappa shape index (κ3) is 4.25. The van der Waals surface area contributed by atoms with Gasteiger partial charge in [0.1, 0.15) is 5.60 Å². The summed E-state index contributed by atoms with van der Waals surface area (Å²) in [7, 11) is 0. The van der Waals surface area contributed by atoms with Gasteiger partial charge < -0.3 is 5.11 Å². The van der Waals surface area contributed by atoms with Crippen molar-refractivity contribution in [3.05, 3.63) is 71.3 Å². The fourth-order valence-corrected chi connectivity index (χ4v) is 3.48. The van der Waals surface area contributed by atoms with E-state index in [9.17, 15) is 5.11 Å². The van der Waals surface area contributed by atoms with Gasteiger partial charge in [-0.3, -0.25) is 4.90 Å². The normalized spacial score (nSPS) is 14.4. The second-order valence-electron chi connectivity index (χ2n) is 7.27. The Morgan fingerprint density at radius 3 is 2.00 bits per heavy atom. The van der Waals surface area contributed by atoms with E-state index in [0.717, 1.165) is 17.7 Å². The Balaban J connectivity index is 2.37. The van der Waals surface area contributed by atoms with Gasteiger partial charge in [-0.1, -0.05) is 60.2 Å². The summed E-state index contributed by atoms with van der Waals surface area (Å²) in [6, 6.07) is 19.2. The number of hydrogen-bond donors (Lipinski definition) is 1. The monoisotopic (exact) mass is 325 g/mol. The molecule has 0 saturated heterocycles. The molecule has 1 atom stereocenters. The van der Waals surface area contributed by atoms with E-state index in [2.05, 4.69) is 51.7 Å². The molecule has 0 fully saturated rings. The molecule has 0 aliphatic heterocycles. The molecule has 24 heavy (non-hydrogen) atoms. The maximum atomic E-state index is 11.7. The molecule has 2 heteroatoms. The van der Waals surface area contributed by atoms with E-state index in [0.29, 0.717) is 18.5 Å². The van der Waals surface area contributed by atoms with E-state index in [1.165, 1.54) is 5.56 Å². The maximum Gasteiger partial charge on any atom is 0.116 e. The third-order valence-corrected chi connectivity index (χ3v) is 4.81. The lowest BCUT2D eigenvalue weighted by atomic mass is 9.82. The van der Waals surface area contributed by atoms with Crippen molar-refractivity contribution in [3.63, 3.8) is 0 Å². The number of rotatable bonds is 7. The third-order valence-electron chi connectivity index (χ3n) is 4.81. The van der Waals surface area contributed by atoms with Crippen molar-refractivity contribution < 1.29 is 5.11 Å². The number of benzene rings is 2. The van der Waals surface area contributed by atoms with Crippen LogP contribution in [-0.2, 0) is 5.60 Å². The molecule has 0 aliphatic rings. The van der Waals surface area contributed by atoms with Gasteiger partial charge in [-0.15, -0.1) is 0 Å². The lowest BCUT2D eigenvalue weighted by Gasteiger charge is -2.36. The molecule has 0 heterocycles. The van der Waals surface area contributed by atoms with Crippen molar-refractivity contribution in [2.45, 2.75) is 58.7 Å². The first-order valence-electron chi connectivity index (χ1n) is 8.95. The van der Waals surface area contributed by atoms with Crippen molar-refractivity contribution >= 4 is 0 Å². The van der Waals surface area contributed by atoms with Crippen LogP contribution in [-0.4, -0.2) is 28.6 Å². The van der Waals surface area contributed by atoms with Gasteiger partial charge in [0.25, 0.3) is 0 Å². The van der Waals surface area contributed by atoms with Crippen molar-refractivity contribution in [2.24, 2.45) is 0 Å². The SMILES string of the molecule is Cc1cccc(C(O)(CCN(C(C)C)C(C)C)c2ccccc2)c1. The van der Waals surface area contributed by atoms with Crippen LogP contribution in [0.25, 0.3) is 0 Å². The fourth-order valence-electron chi connectivity index (χ4n) is 3.48. The first-order valence-corrected chi connectivity index (χ1v) is 8.95. The molecule has 0 aromatic heterocycles. The molecule has 0 bridgehead atoms. The van der Waals surface area contributed by atoms with Gasteiger partial charge in [-0.2, -0.15) is 0 Å². The fraction of sp³-hybridized carbons (Fsp3) is 0.455. The Hall–Kier alpha value is -1.64.